The van der Waals surface area contributed by atoms with Gasteiger partial charge in [-0.05, 0) is 39.0 Å². The van der Waals surface area contributed by atoms with E-state index in [9.17, 15) is 19.3 Å². The molecule has 36 heavy (non-hydrogen) atoms. The summed E-state index contributed by atoms with van der Waals surface area (Å²) in [5, 5.41) is 13.5. The van der Waals surface area contributed by atoms with Gasteiger partial charge < -0.3 is 29.6 Å². The lowest BCUT2D eigenvalue weighted by Gasteiger charge is -2.32. The predicted octanol–water partition coefficient (Wildman–Crippen LogP) is 0.986. The maximum atomic E-state index is 13.7. The van der Waals surface area contributed by atoms with Crippen LogP contribution in [0.15, 0.2) is 47.4 Å². The fourth-order valence-corrected chi connectivity index (χ4v) is 5.43. The molecule has 196 valence electrons. The Morgan fingerprint density at radius 3 is 2.72 bits per heavy atom. The number of rotatable bonds is 10. The van der Waals surface area contributed by atoms with Crippen molar-refractivity contribution in [2.45, 2.75) is 57.0 Å². The Labute approximate surface area is 207 Å². The largest absolute Gasteiger partial charge is 0.462 e. The highest BCUT2D eigenvalue weighted by atomic mass is 31.2. The number of nitrogens with one attached hydrogen (secondary N) is 1. The van der Waals surface area contributed by atoms with Crippen LogP contribution in [0, 0.1) is 0 Å². The van der Waals surface area contributed by atoms with E-state index in [0.29, 0.717) is 0 Å². The number of aliphatic hydroxyl groups is 1. The van der Waals surface area contributed by atoms with Crippen molar-refractivity contribution in [1.82, 2.24) is 14.6 Å². The Kier molecular flexibility index (Phi) is 7.51. The van der Waals surface area contributed by atoms with E-state index in [2.05, 4.69) is 10.1 Å². The molecule has 4 rings (SSSR count). The first-order valence-electron chi connectivity index (χ1n) is 11.3. The zero-order valence-electron chi connectivity index (χ0n) is 20.0. The zero-order chi connectivity index (χ0) is 26.1. The monoisotopic (exact) mass is 524 g/mol. The fourth-order valence-electron chi connectivity index (χ4n) is 3.89. The number of nitrogens with zero attached hydrogens (tertiary/aromatic N) is 2. The standard InChI is InChI=1S/C22H29N4O9P/c1-13(2)33-20(28)14(3)25-36(30,35-15-7-5-4-6-8-15)32-12-22-11-31-17(18(22)27)19(34-22)26-10-9-16(23)24-21(26)29/h4-10,13-14,17-19,27H,11-12H2,1-3H3,(H,25,30)(H2,23,24,29)/t14-,17-,18+,19-,22-,36?/m1/s1. The van der Waals surface area contributed by atoms with Crippen molar-refractivity contribution in [2.75, 3.05) is 18.9 Å². The number of para-hydroxylation sites is 1. The normalized spacial score (nSPS) is 27.5. The maximum Gasteiger partial charge on any atom is 0.459 e. The fraction of sp³-hybridized carbons (Fsp3) is 0.500. The smallest absolute Gasteiger partial charge is 0.459 e. The molecule has 4 N–H and O–H groups in total. The van der Waals surface area contributed by atoms with Gasteiger partial charge in [0.05, 0.1) is 19.3 Å². The summed E-state index contributed by atoms with van der Waals surface area (Å²) in [6, 6.07) is 8.61. The van der Waals surface area contributed by atoms with Crippen LogP contribution in [0.2, 0.25) is 0 Å². The van der Waals surface area contributed by atoms with Crippen molar-refractivity contribution in [3.8, 4) is 5.75 Å². The van der Waals surface area contributed by atoms with Gasteiger partial charge in [0.2, 0.25) is 0 Å². The molecule has 0 saturated carbocycles. The molecule has 0 radical (unpaired) electrons. The van der Waals surface area contributed by atoms with Gasteiger partial charge in [0.15, 0.2) is 6.23 Å². The summed E-state index contributed by atoms with van der Waals surface area (Å²) >= 11 is 0. The average Bonchev–Trinajstić information content (AvgIpc) is 3.27. The maximum absolute atomic E-state index is 13.7. The third-order valence-electron chi connectivity index (χ3n) is 5.64. The molecule has 2 aromatic rings. The highest BCUT2D eigenvalue weighted by Crippen LogP contribution is 2.50. The summed E-state index contributed by atoms with van der Waals surface area (Å²) in [5.41, 5.74) is 3.40. The number of aliphatic hydroxyl groups excluding tert-OH is 1. The number of fused-ring (bicyclic) bond motifs is 2. The van der Waals surface area contributed by atoms with E-state index < -0.39 is 56.1 Å². The third kappa shape index (κ3) is 5.46. The van der Waals surface area contributed by atoms with Crippen LogP contribution < -0.4 is 21.0 Å². The van der Waals surface area contributed by atoms with Gasteiger partial charge in [-0.15, -0.1) is 0 Å². The average molecular weight is 524 g/mol. The number of carbonyl (C=O) groups is 1. The molecule has 14 heteroatoms. The van der Waals surface area contributed by atoms with E-state index >= 15 is 0 Å². The number of ether oxygens (including phenoxy) is 3. The predicted molar refractivity (Wildman–Crippen MR) is 126 cm³/mol. The summed E-state index contributed by atoms with van der Waals surface area (Å²) in [7, 11) is -4.21. The Morgan fingerprint density at radius 1 is 1.33 bits per heavy atom. The molecule has 0 amide bonds. The van der Waals surface area contributed by atoms with Gasteiger partial charge in [-0.3, -0.25) is 13.9 Å². The van der Waals surface area contributed by atoms with Crippen molar-refractivity contribution >= 4 is 19.5 Å². The molecular weight excluding hydrogens is 495 g/mol. The molecule has 2 bridgehead atoms. The molecule has 13 nitrogen and oxygen atoms in total. The highest BCUT2D eigenvalue weighted by Gasteiger charge is 2.62. The van der Waals surface area contributed by atoms with Crippen LogP contribution in [0.25, 0.3) is 0 Å². The second kappa shape index (κ2) is 10.3. The molecule has 1 aromatic heterocycles. The third-order valence-corrected chi connectivity index (χ3v) is 7.26. The number of carbonyl (C=O) groups excluding carboxylic acids is 1. The summed E-state index contributed by atoms with van der Waals surface area (Å²) in [6.45, 7) is 4.30. The topological polar surface area (TPSA) is 173 Å². The molecule has 2 fully saturated rings. The molecule has 1 aromatic carbocycles. The van der Waals surface area contributed by atoms with Crippen molar-refractivity contribution < 1.29 is 37.7 Å². The molecule has 6 atom stereocenters. The number of esters is 1. The lowest BCUT2D eigenvalue weighted by molar-refractivity contribution is -0.185. The van der Waals surface area contributed by atoms with Crippen molar-refractivity contribution in [1.29, 1.82) is 0 Å². The first-order valence-corrected chi connectivity index (χ1v) is 12.9. The summed E-state index contributed by atoms with van der Waals surface area (Å²) in [5.74, 6) is -0.393. The van der Waals surface area contributed by atoms with E-state index in [1.807, 2.05) is 0 Å². The van der Waals surface area contributed by atoms with Crippen LogP contribution in [0.3, 0.4) is 0 Å². The van der Waals surface area contributed by atoms with E-state index in [1.165, 1.54) is 19.2 Å². The number of aromatic nitrogens is 2. The van der Waals surface area contributed by atoms with Crippen LogP contribution >= 0.6 is 7.75 Å². The van der Waals surface area contributed by atoms with Crippen molar-refractivity contribution in [3.05, 3.63) is 53.1 Å². The SMILES string of the molecule is CC(C)OC(=O)[C@@H](C)NP(=O)(OC[C@@]12CO[C@@H]([C@H](n3ccc(N)nc3=O)O1)[C@@H]2O)Oc1ccccc1. The van der Waals surface area contributed by atoms with Gasteiger partial charge in [-0.2, -0.15) is 10.1 Å². The number of benzene rings is 1. The Hall–Kier alpha value is -2.80. The number of hydrogen-bond donors (Lipinski definition) is 3. The number of nitrogens with two attached hydrogens (primary N) is 1. The molecular formula is C22H29N4O9P. The van der Waals surface area contributed by atoms with E-state index in [1.54, 1.807) is 44.2 Å². The van der Waals surface area contributed by atoms with Gasteiger partial charge in [-0.25, -0.2) is 9.36 Å². The minimum Gasteiger partial charge on any atom is -0.462 e. The van der Waals surface area contributed by atoms with Crippen LogP contribution in [0.1, 0.15) is 27.0 Å². The van der Waals surface area contributed by atoms with Crippen molar-refractivity contribution in [3.63, 3.8) is 0 Å². The van der Waals surface area contributed by atoms with Gasteiger partial charge in [0, 0.05) is 6.20 Å². The van der Waals surface area contributed by atoms with Gasteiger partial charge >= 0.3 is 19.4 Å². The molecule has 2 aliphatic heterocycles. The quantitative estimate of drug-likeness (QED) is 0.297. The first-order chi connectivity index (χ1) is 17.0. The zero-order valence-corrected chi connectivity index (χ0v) is 20.9. The van der Waals surface area contributed by atoms with Crippen molar-refractivity contribution in [2.24, 2.45) is 0 Å². The molecule has 1 unspecified atom stereocenters. The minimum atomic E-state index is -4.21. The van der Waals surface area contributed by atoms with Gasteiger partial charge in [0.25, 0.3) is 0 Å². The minimum absolute atomic E-state index is 0.0362. The lowest BCUT2D eigenvalue weighted by Crippen LogP contribution is -2.46. The number of hydrogen-bond acceptors (Lipinski definition) is 11. The summed E-state index contributed by atoms with van der Waals surface area (Å²) < 4.78 is 43.0. The lowest BCUT2D eigenvalue weighted by atomic mass is 10.0. The Balaban J connectivity index is 1.53. The highest BCUT2D eigenvalue weighted by molar-refractivity contribution is 7.52. The Morgan fingerprint density at radius 2 is 2.06 bits per heavy atom. The van der Waals surface area contributed by atoms with Crippen LogP contribution in [-0.2, 0) is 28.1 Å². The number of anilines is 1. The summed E-state index contributed by atoms with van der Waals surface area (Å²) in [6.07, 6.45) is -2.14. The second-order valence-corrected chi connectivity index (χ2v) is 10.5. The molecule has 2 aliphatic rings. The Bertz CT molecular complexity index is 1190. The van der Waals surface area contributed by atoms with E-state index in [0.717, 1.165) is 4.57 Å². The second-order valence-electron chi connectivity index (χ2n) is 8.85. The van der Waals surface area contributed by atoms with Crippen LogP contribution in [0.4, 0.5) is 5.82 Å². The number of nitrogen functional groups attached to an aromatic ring is 1. The molecule has 3 heterocycles. The van der Waals surface area contributed by atoms with Crippen LogP contribution in [0.5, 0.6) is 5.75 Å². The molecule has 0 spiro atoms. The molecule has 0 aliphatic carbocycles. The van der Waals surface area contributed by atoms with E-state index in [4.69, 9.17) is 29.0 Å². The molecule has 2 saturated heterocycles. The van der Waals surface area contributed by atoms with E-state index in [-0.39, 0.29) is 24.3 Å². The van der Waals surface area contributed by atoms with Gasteiger partial charge in [-0.1, -0.05) is 18.2 Å². The van der Waals surface area contributed by atoms with Crippen LogP contribution in [-0.4, -0.2) is 63.8 Å². The van der Waals surface area contributed by atoms with Gasteiger partial charge in [0.1, 0.15) is 35.4 Å². The summed E-state index contributed by atoms with van der Waals surface area (Å²) in [4.78, 5) is 28.3. The first kappa shape index (κ1) is 26.3.